The van der Waals surface area contributed by atoms with Gasteiger partial charge in [-0.1, -0.05) is 12.1 Å². The number of ether oxygens (including phenoxy) is 2. The van der Waals surface area contributed by atoms with Gasteiger partial charge in [-0.3, -0.25) is 4.79 Å². The molecule has 1 heterocycles. The van der Waals surface area contributed by atoms with Crippen molar-refractivity contribution < 1.29 is 14.3 Å². The Morgan fingerprint density at radius 1 is 1.08 bits per heavy atom. The summed E-state index contributed by atoms with van der Waals surface area (Å²) in [5.74, 6) is 1.41. The molecule has 134 valence electrons. The van der Waals surface area contributed by atoms with Crippen LogP contribution in [0.3, 0.4) is 0 Å². The molecule has 0 fully saturated rings. The Morgan fingerprint density at radius 2 is 1.85 bits per heavy atom. The van der Waals surface area contributed by atoms with Gasteiger partial charge in [-0.05, 0) is 36.4 Å². The van der Waals surface area contributed by atoms with Crippen LogP contribution < -0.4 is 14.8 Å². The first-order valence-corrected chi connectivity index (χ1v) is 9.09. The molecule has 1 amide bonds. The van der Waals surface area contributed by atoms with Crippen molar-refractivity contribution in [3.05, 3.63) is 58.9 Å². The number of carbonyl (C=O) groups is 1. The lowest BCUT2D eigenvalue weighted by Crippen LogP contribution is -2.13. The fourth-order valence-corrected chi connectivity index (χ4v) is 3.31. The Hall–Kier alpha value is -2.86. The molecule has 0 atom stereocenters. The molecule has 0 aliphatic heterocycles. The molecule has 2 aromatic carbocycles. The minimum absolute atomic E-state index is 0.0595. The van der Waals surface area contributed by atoms with Crippen LogP contribution >= 0.6 is 11.3 Å². The summed E-state index contributed by atoms with van der Waals surface area (Å²) in [6.45, 7) is 0. The van der Waals surface area contributed by atoms with Crippen LogP contribution in [-0.2, 0) is 11.2 Å². The lowest BCUT2D eigenvalue weighted by Gasteiger charge is -2.09. The number of nitrogens with zero attached hydrogens (tertiary/aromatic N) is 1. The third-order valence-corrected chi connectivity index (χ3v) is 4.79. The molecule has 3 rings (SSSR count). The van der Waals surface area contributed by atoms with E-state index in [0.29, 0.717) is 24.3 Å². The first kappa shape index (κ1) is 17.9. The maximum atomic E-state index is 12.2. The zero-order valence-corrected chi connectivity index (χ0v) is 15.5. The summed E-state index contributed by atoms with van der Waals surface area (Å²) in [5, 5.41) is 5.83. The van der Waals surface area contributed by atoms with Crippen LogP contribution in [-0.4, -0.2) is 25.1 Å². The highest BCUT2D eigenvalue weighted by Gasteiger charge is 2.10. The Morgan fingerprint density at radius 3 is 2.58 bits per heavy atom. The largest absolute Gasteiger partial charge is 0.497 e. The molecule has 0 aliphatic carbocycles. The summed E-state index contributed by atoms with van der Waals surface area (Å²) < 4.78 is 10.4. The van der Waals surface area contributed by atoms with E-state index in [2.05, 4.69) is 10.3 Å². The van der Waals surface area contributed by atoms with Crippen molar-refractivity contribution in [3.8, 4) is 22.8 Å². The zero-order valence-electron chi connectivity index (χ0n) is 14.7. The molecule has 0 unspecified atom stereocenters. The number of benzene rings is 2. The standard InChI is InChI=1S/C20H20N2O3S/c1-24-15-9-7-14(8-10-15)17-13-26-20(22-17)12-11-19(23)21-16-5-3-4-6-18(16)25-2/h3-10,13H,11-12H2,1-2H3,(H,21,23). The molecule has 0 aliphatic rings. The number of rotatable bonds is 7. The zero-order chi connectivity index (χ0) is 18.4. The van der Waals surface area contributed by atoms with E-state index in [4.69, 9.17) is 9.47 Å². The lowest BCUT2D eigenvalue weighted by atomic mass is 10.2. The minimum atomic E-state index is -0.0595. The number of methoxy groups -OCH3 is 2. The SMILES string of the molecule is COc1ccc(-c2csc(CCC(=O)Nc3ccccc3OC)n2)cc1. The van der Waals surface area contributed by atoms with Gasteiger partial charge in [0.05, 0.1) is 30.6 Å². The van der Waals surface area contributed by atoms with Gasteiger partial charge in [0.25, 0.3) is 0 Å². The first-order valence-electron chi connectivity index (χ1n) is 8.21. The smallest absolute Gasteiger partial charge is 0.224 e. The number of carbonyl (C=O) groups excluding carboxylic acids is 1. The highest BCUT2D eigenvalue weighted by atomic mass is 32.1. The molecule has 3 aromatic rings. The fraction of sp³-hybridized carbons (Fsp3) is 0.200. The molecule has 0 radical (unpaired) electrons. The van der Waals surface area contributed by atoms with Gasteiger partial charge >= 0.3 is 0 Å². The van der Waals surface area contributed by atoms with Gasteiger partial charge in [-0.15, -0.1) is 11.3 Å². The molecular weight excluding hydrogens is 348 g/mol. The molecule has 0 saturated heterocycles. The Bertz CT molecular complexity index is 875. The van der Waals surface area contributed by atoms with Crippen molar-refractivity contribution in [2.75, 3.05) is 19.5 Å². The molecular formula is C20H20N2O3S. The fourth-order valence-electron chi connectivity index (χ4n) is 2.50. The number of amides is 1. The van der Waals surface area contributed by atoms with Crippen molar-refractivity contribution >= 4 is 22.9 Å². The third kappa shape index (κ3) is 4.40. The number of nitrogens with one attached hydrogen (secondary N) is 1. The van der Waals surface area contributed by atoms with E-state index >= 15 is 0 Å². The highest BCUT2D eigenvalue weighted by molar-refractivity contribution is 7.09. The van der Waals surface area contributed by atoms with Gasteiger partial charge in [0.2, 0.25) is 5.91 Å². The molecule has 0 spiro atoms. The molecule has 1 aromatic heterocycles. The first-order chi connectivity index (χ1) is 12.7. The Kier molecular flexibility index (Phi) is 5.86. The maximum absolute atomic E-state index is 12.2. The summed E-state index contributed by atoms with van der Waals surface area (Å²) in [6.07, 6.45) is 0.968. The van der Waals surface area contributed by atoms with E-state index in [0.717, 1.165) is 22.0 Å². The van der Waals surface area contributed by atoms with Crippen molar-refractivity contribution in [1.29, 1.82) is 0 Å². The summed E-state index contributed by atoms with van der Waals surface area (Å²) in [4.78, 5) is 16.8. The number of hydrogen-bond donors (Lipinski definition) is 1. The van der Waals surface area contributed by atoms with Crippen molar-refractivity contribution in [2.45, 2.75) is 12.8 Å². The normalized spacial score (nSPS) is 10.4. The molecule has 26 heavy (non-hydrogen) atoms. The Balaban J connectivity index is 1.58. The van der Waals surface area contributed by atoms with E-state index in [1.807, 2.05) is 53.9 Å². The van der Waals surface area contributed by atoms with Gasteiger partial charge < -0.3 is 14.8 Å². The second-order valence-electron chi connectivity index (χ2n) is 5.60. The van der Waals surface area contributed by atoms with Gasteiger partial charge in [0, 0.05) is 23.8 Å². The topological polar surface area (TPSA) is 60.5 Å². The number of hydrogen-bond acceptors (Lipinski definition) is 5. The quantitative estimate of drug-likeness (QED) is 0.671. The van der Waals surface area contributed by atoms with Crippen LogP contribution in [0.15, 0.2) is 53.9 Å². The number of para-hydroxylation sites is 2. The summed E-state index contributed by atoms with van der Waals surface area (Å²) in [7, 11) is 3.23. The molecule has 5 nitrogen and oxygen atoms in total. The van der Waals surface area contributed by atoms with E-state index < -0.39 is 0 Å². The predicted molar refractivity (Wildman–Crippen MR) is 104 cm³/mol. The third-order valence-electron chi connectivity index (χ3n) is 3.88. The minimum Gasteiger partial charge on any atom is -0.497 e. The van der Waals surface area contributed by atoms with E-state index in [1.54, 1.807) is 25.6 Å². The van der Waals surface area contributed by atoms with Gasteiger partial charge in [-0.2, -0.15) is 0 Å². The van der Waals surface area contributed by atoms with Crippen LogP contribution in [0.25, 0.3) is 11.3 Å². The number of thiazole rings is 1. The van der Waals surface area contributed by atoms with Crippen LogP contribution in [0, 0.1) is 0 Å². The second kappa shape index (κ2) is 8.49. The van der Waals surface area contributed by atoms with Gasteiger partial charge in [0.1, 0.15) is 11.5 Å². The van der Waals surface area contributed by atoms with Crippen molar-refractivity contribution in [2.24, 2.45) is 0 Å². The van der Waals surface area contributed by atoms with Crippen LogP contribution in [0.5, 0.6) is 11.5 Å². The molecule has 6 heteroatoms. The van der Waals surface area contributed by atoms with Crippen LogP contribution in [0.4, 0.5) is 5.69 Å². The second-order valence-corrected chi connectivity index (χ2v) is 6.55. The van der Waals surface area contributed by atoms with Crippen LogP contribution in [0.2, 0.25) is 0 Å². The van der Waals surface area contributed by atoms with E-state index in [1.165, 1.54) is 0 Å². The van der Waals surface area contributed by atoms with E-state index in [-0.39, 0.29) is 5.91 Å². The monoisotopic (exact) mass is 368 g/mol. The highest BCUT2D eigenvalue weighted by Crippen LogP contribution is 2.26. The number of anilines is 1. The molecule has 0 bridgehead atoms. The number of aromatic nitrogens is 1. The van der Waals surface area contributed by atoms with Gasteiger partial charge in [-0.25, -0.2) is 4.98 Å². The molecule has 0 saturated carbocycles. The van der Waals surface area contributed by atoms with Crippen molar-refractivity contribution in [3.63, 3.8) is 0 Å². The van der Waals surface area contributed by atoms with E-state index in [9.17, 15) is 4.79 Å². The summed E-state index contributed by atoms with van der Waals surface area (Å²) in [6, 6.07) is 15.1. The average molecular weight is 368 g/mol. The predicted octanol–water partition coefficient (Wildman–Crippen LogP) is 4.40. The average Bonchev–Trinajstić information content (AvgIpc) is 3.16. The number of aryl methyl sites for hydroxylation is 1. The molecule has 1 N–H and O–H groups in total. The lowest BCUT2D eigenvalue weighted by molar-refractivity contribution is -0.116. The van der Waals surface area contributed by atoms with Gasteiger partial charge in [0.15, 0.2) is 0 Å². The maximum Gasteiger partial charge on any atom is 0.224 e. The van der Waals surface area contributed by atoms with Crippen molar-refractivity contribution in [1.82, 2.24) is 4.98 Å². The van der Waals surface area contributed by atoms with Crippen LogP contribution in [0.1, 0.15) is 11.4 Å². The Labute approximate surface area is 156 Å². The summed E-state index contributed by atoms with van der Waals surface area (Å²) >= 11 is 1.56. The summed E-state index contributed by atoms with van der Waals surface area (Å²) in [5.41, 5.74) is 2.63.